The molecule has 0 spiro atoms. The number of likely N-dealkylation sites (tertiary alicyclic amines) is 2. The molecule has 3 heterocycles. The minimum atomic E-state index is -1.90. The molecule has 3 fully saturated rings. The molecule has 4 aliphatic rings. The van der Waals surface area contributed by atoms with Gasteiger partial charge in [-0.3, -0.25) is 29.0 Å². The number of phenolic OH excluding ortho intramolecular Hbond substituents is 1. The van der Waals surface area contributed by atoms with Crippen LogP contribution in [0.4, 0.5) is 0 Å². The van der Waals surface area contributed by atoms with Crippen LogP contribution in [0.3, 0.4) is 0 Å². The van der Waals surface area contributed by atoms with Crippen molar-refractivity contribution in [1.82, 2.24) is 9.80 Å². The molecule has 0 radical (unpaired) electrons. The lowest BCUT2D eigenvalue weighted by Crippen LogP contribution is -2.60. The molecule has 37 heavy (non-hydrogen) atoms. The van der Waals surface area contributed by atoms with Gasteiger partial charge in [-0.25, -0.2) is 0 Å². The van der Waals surface area contributed by atoms with Gasteiger partial charge in [0.05, 0.1) is 18.4 Å². The number of para-hydroxylation sites is 1. The van der Waals surface area contributed by atoms with E-state index in [-0.39, 0.29) is 30.5 Å². The van der Waals surface area contributed by atoms with Gasteiger partial charge >= 0.3 is 0 Å². The Balaban J connectivity index is 1.51. The summed E-state index contributed by atoms with van der Waals surface area (Å²) < 4.78 is 0. The largest absolute Gasteiger partial charge is 0.507 e. The first kappa shape index (κ1) is 24.6. The summed E-state index contributed by atoms with van der Waals surface area (Å²) in [5.41, 5.74) is 1.62. The Morgan fingerprint density at radius 1 is 1.05 bits per heavy atom. The number of carbonyl (C=O) groups is 4. The Bertz CT molecular complexity index is 1410. The molecular formula is C27H24Cl2N2O5S. The molecule has 6 unspecified atom stereocenters. The molecule has 192 valence electrons. The number of hydrogen-bond acceptors (Lipinski definition) is 6. The van der Waals surface area contributed by atoms with Crippen LogP contribution in [0.25, 0.3) is 0 Å². The van der Waals surface area contributed by atoms with Crippen LogP contribution in [0.1, 0.15) is 34.8 Å². The van der Waals surface area contributed by atoms with E-state index in [2.05, 4.69) is 0 Å². The molecule has 1 N–H and O–H groups in total. The van der Waals surface area contributed by atoms with Gasteiger partial charge < -0.3 is 5.11 Å². The standard InChI is InChI=1S/C27H24Cl2N2O5S/c1-13-5-3-7-17(21(13)32)20-15-8-9-16-19(23(34)31(22(16)33)12-14-6-4-10-37-14)18(15)11-26(28)24(35)30(2)25(36)27(20,26)29/h3-8,10,16,18-20,32H,9,11-12H2,1-2H3. The summed E-state index contributed by atoms with van der Waals surface area (Å²) in [5, 5.41) is 13.0. The predicted molar refractivity (Wildman–Crippen MR) is 138 cm³/mol. The van der Waals surface area contributed by atoms with Gasteiger partial charge in [-0.2, -0.15) is 0 Å². The molecule has 6 atom stereocenters. The number of halogens is 2. The third-order valence-electron chi connectivity index (χ3n) is 8.58. The third-order valence-corrected chi connectivity index (χ3v) is 10.9. The van der Waals surface area contributed by atoms with Crippen LogP contribution >= 0.6 is 34.5 Å². The number of thiophene rings is 1. The monoisotopic (exact) mass is 558 g/mol. The molecule has 2 aliphatic carbocycles. The summed E-state index contributed by atoms with van der Waals surface area (Å²) in [4.78, 5) is 53.6. The van der Waals surface area contributed by atoms with Gasteiger partial charge in [-0.15, -0.1) is 34.5 Å². The highest BCUT2D eigenvalue weighted by Gasteiger charge is 2.76. The Morgan fingerprint density at radius 3 is 2.51 bits per heavy atom. The van der Waals surface area contributed by atoms with Gasteiger partial charge in [0, 0.05) is 23.4 Å². The second-order valence-corrected chi connectivity index (χ2v) is 12.6. The maximum atomic E-state index is 13.8. The molecule has 1 aromatic carbocycles. The Morgan fingerprint density at radius 2 is 1.81 bits per heavy atom. The number of fused-ring (bicyclic) bond motifs is 4. The molecule has 10 heteroatoms. The smallest absolute Gasteiger partial charge is 0.253 e. The topological polar surface area (TPSA) is 95.0 Å². The minimum absolute atomic E-state index is 0.0434. The van der Waals surface area contributed by atoms with E-state index in [9.17, 15) is 24.3 Å². The third kappa shape index (κ3) is 3.06. The van der Waals surface area contributed by atoms with Crippen molar-refractivity contribution in [3.05, 3.63) is 63.4 Å². The minimum Gasteiger partial charge on any atom is -0.507 e. The number of aryl methyl sites for hydroxylation is 1. The number of carbonyl (C=O) groups excluding carboxylic acids is 4. The number of benzene rings is 1. The second kappa shape index (κ2) is 8.16. The molecule has 1 aromatic heterocycles. The maximum Gasteiger partial charge on any atom is 0.253 e. The summed E-state index contributed by atoms with van der Waals surface area (Å²) in [5.74, 6) is -4.74. The average molecular weight is 559 g/mol. The summed E-state index contributed by atoms with van der Waals surface area (Å²) in [6, 6.07) is 8.89. The van der Waals surface area contributed by atoms with Gasteiger partial charge in [-0.1, -0.05) is 35.9 Å². The molecule has 6 rings (SSSR count). The van der Waals surface area contributed by atoms with Crippen LogP contribution in [0.2, 0.25) is 0 Å². The quantitative estimate of drug-likeness (QED) is 0.349. The molecule has 1 saturated carbocycles. The van der Waals surface area contributed by atoms with Crippen LogP contribution in [0, 0.1) is 24.7 Å². The number of rotatable bonds is 3. The van der Waals surface area contributed by atoms with Crippen LogP contribution in [0.5, 0.6) is 5.75 Å². The zero-order valence-electron chi connectivity index (χ0n) is 20.1. The van der Waals surface area contributed by atoms with Crippen molar-refractivity contribution >= 4 is 58.2 Å². The van der Waals surface area contributed by atoms with Gasteiger partial charge in [0.2, 0.25) is 11.8 Å². The van der Waals surface area contributed by atoms with Crippen molar-refractivity contribution in [3.63, 3.8) is 0 Å². The van der Waals surface area contributed by atoms with Crippen LogP contribution in [-0.4, -0.2) is 55.3 Å². The van der Waals surface area contributed by atoms with E-state index in [1.807, 2.05) is 23.6 Å². The van der Waals surface area contributed by atoms with E-state index in [0.29, 0.717) is 23.1 Å². The fourth-order valence-electron chi connectivity index (χ4n) is 6.78. The van der Waals surface area contributed by atoms with Crippen molar-refractivity contribution in [2.24, 2.45) is 17.8 Å². The number of nitrogens with zero attached hydrogens (tertiary/aromatic N) is 2. The van der Waals surface area contributed by atoms with Gasteiger partial charge in [0.15, 0.2) is 9.75 Å². The highest BCUT2D eigenvalue weighted by molar-refractivity contribution is 7.09. The Kier molecular flexibility index (Phi) is 5.43. The summed E-state index contributed by atoms with van der Waals surface area (Å²) in [7, 11) is 1.35. The van der Waals surface area contributed by atoms with Crippen LogP contribution in [-0.2, 0) is 25.7 Å². The zero-order chi connectivity index (χ0) is 26.4. The number of alkyl halides is 2. The normalized spacial score (nSPS) is 35.0. The zero-order valence-corrected chi connectivity index (χ0v) is 22.4. The first-order valence-corrected chi connectivity index (χ1v) is 13.7. The van der Waals surface area contributed by atoms with E-state index in [1.54, 1.807) is 25.1 Å². The molecule has 7 nitrogen and oxygen atoms in total. The van der Waals surface area contributed by atoms with Crippen LogP contribution in [0.15, 0.2) is 47.4 Å². The Hall–Kier alpha value is -2.68. The van der Waals surface area contributed by atoms with Gasteiger partial charge in [-0.05, 0) is 42.7 Å². The van der Waals surface area contributed by atoms with E-state index in [1.165, 1.54) is 23.3 Å². The fourth-order valence-corrected chi connectivity index (χ4v) is 8.49. The highest BCUT2D eigenvalue weighted by atomic mass is 35.5. The predicted octanol–water partition coefficient (Wildman–Crippen LogP) is 3.95. The first-order valence-electron chi connectivity index (χ1n) is 12.1. The number of hydrogen-bond donors (Lipinski definition) is 1. The average Bonchev–Trinajstić information content (AvgIpc) is 3.51. The van der Waals surface area contributed by atoms with Crippen molar-refractivity contribution in [2.45, 2.75) is 42.0 Å². The van der Waals surface area contributed by atoms with E-state index in [0.717, 1.165) is 9.78 Å². The van der Waals surface area contributed by atoms with Crippen molar-refractivity contribution in [2.75, 3.05) is 7.05 Å². The lowest BCUT2D eigenvalue weighted by atomic mass is 9.56. The highest BCUT2D eigenvalue weighted by Crippen LogP contribution is 2.66. The van der Waals surface area contributed by atoms with Gasteiger partial charge in [0.25, 0.3) is 11.8 Å². The number of allylic oxidation sites excluding steroid dienone is 2. The fraction of sp³-hybridized carbons (Fsp3) is 0.407. The number of aromatic hydroxyl groups is 1. The lowest BCUT2D eigenvalue weighted by Gasteiger charge is -2.50. The molecule has 2 aliphatic heterocycles. The van der Waals surface area contributed by atoms with Crippen molar-refractivity contribution < 1.29 is 24.3 Å². The summed E-state index contributed by atoms with van der Waals surface area (Å²) >= 11 is 15.7. The van der Waals surface area contributed by atoms with Gasteiger partial charge in [0.1, 0.15) is 5.75 Å². The number of imide groups is 2. The second-order valence-electron chi connectivity index (χ2n) is 10.4. The van der Waals surface area contributed by atoms with E-state index >= 15 is 0 Å². The number of phenols is 1. The van der Waals surface area contributed by atoms with E-state index < -0.39 is 45.2 Å². The molecule has 2 aromatic rings. The molecule has 2 saturated heterocycles. The maximum absolute atomic E-state index is 13.8. The van der Waals surface area contributed by atoms with Crippen LogP contribution < -0.4 is 0 Å². The van der Waals surface area contributed by atoms with E-state index in [4.69, 9.17) is 23.2 Å². The molecule has 4 amide bonds. The van der Waals surface area contributed by atoms with Crippen molar-refractivity contribution in [1.29, 1.82) is 0 Å². The lowest BCUT2D eigenvalue weighted by molar-refractivity contribution is -0.141. The molecular weight excluding hydrogens is 535 g/mol. The summed E-state index contributed by atoms with van der Waals surface area (Å²) in [6.07, 6.45) is 2.11. The molecule has 0 bridgehead atoms. The first-order chi connectivity index (χ1) is 17.5. The summed E-state index contributed by atoms with van der Waals surface area (Å²) in [6.45, 7) is 1.92. The Labute approximate surface area is 227 Å². The SMILES string of the molecule is Cc1cccc(C2C3=CCC4C(=O)N(Cc5cccs5)C(=O)C4C3CC3(Cl)C(=O)N(C)C(=O)C23Cl)c1O. The van der Waals surface area contributed by atoms with Crippen molar-refractivity contribution in [3.8, 4) is 5.75 Å². The number of amides is 4.